The zero-order chi connectivity index (χ0) is 15.1. The molecule has 1 aliphatic rings. The van der Waals surface area contributed by atoms with Gasteiger partial charge in [-0.05, 0) is 24.8 Å². The van der Waals surface area contributed by atoms with E-state index in [4.69, 9.17) is 4.74 Å². The molecule has 21 heavy (non-hydrogen) atoms. The fourth-order valence-electron chi connectivity index (χ4n) is 2.36. The lowest BCUT2D eigenvalue weighted by Crippen LogP contribution is -2.17. The largest absolute Gasteiger partial charge is 0.381 e. The number of nitro groups is 1. The third-order valence-corrected chi connectivity index (χ3v) is 4.94. The van der Waals surface area contributed by atoms with Crippen molar-refractivity contribution in [3.8, 4) is 0 Å². The number of nitrogens with one attached hydrogen (secondary N) is 1. The molecule has 0 atom stereocenters. The van der Waals surface area contributed by atoms with Gasteiger partial charge < -0.3 is 10.1 Å². The van der Waals surface area contributed by atoms with Crippen molar-refractivity contribution in [1.82, 2.24) is 0 Å². The first-order valence-corrected chi connectivity index (χ1v) is 8.46. The quantitative estimate of drug-likeness (QED) is 0.612. The maximum atomic E-state index is 11.2. The van der Waals surface area contributed by atoms with Crippen LogP contribution in [0.25, 0.3) is 0 Å². The van der Waals surface area contributed by atoms with E-state index in [0.29, 0.717) is 10.9 Å². The van der Waals surface area contributed by atoms with E-state index >= 15 is 0 Å². The standard InChI is InChI=1S/C15H22N2O3S/c1-2-8-16-15-12(4-3-5-14(15)17(18)19)11-21-13-6-9-20-10-7-13/h3-5,13,16H,2,6-11H2,1H3. The highest BCUT2D eigenvalue weighted by Gasteiger charge is 2.19. The Hall–Kier alpha value is -1.27. The smallest absolute Gasteiger partial charge is 0.292 e. The molecule has 0 amide bonds. The topological polar surface area (TPSA) is 64.4 Å². The monoisotopic (exact) mass is 310 g/mol. The zero-order valence-electron chi connectivity index (χ0n) is 12.3. The van der Waals surface area contributed by atoms with Gasteiger partial charge in [0, 0.05) is 36.8 Å². The average molecular weight is 310 g/mol. The molecule has 1 aliphatic heterocycles. The lowest BCUT2D eigenvalue weighted by Gasteiger charge is -2.22. The Labute approximate surface area is 129 Å². The summed E-state index contributed by atoms with van der Waals surface area (Å²) in [5, 5.41) is 15.0. The molecule has 1 N–H and O–H groups in total. The van der Waals surface area contributed by atoms with Gasteiger partial charge in [0.1, 0.15) is 5.69 Å². The third kappa shape index (κ3) is 4.61. The zero-order valence-corrected chi connectivity index (χ0v) is 13.2. The number of nitrogens with zero attached hydrogens (tertiary/aromatic N) is 1. The molecule has 2 rings (SSSR count). The Kier molecular flexibility index (Phi) is 6.32. The van der Waals surface area contributed by atoms with E-state index in [1.54, 1.807) is 12.1 Å². The van der Waals surface area contributed by atoms with Crippen LogP contribution in [0.2, 0.25) is 0 Å². The van der Waals surface area contributed by atoms with E-state index in [-0.39, 0.29) is 10.6 Å². The van der Waals surface area contributed by atoms with Gasteiger partial charge in [0.05, 0.1) is 4.92 Å². The third-order valence-electron chi connectivity index (χ3n) is 3.52. The van der Waals surface area contributed by atoms with Crippen molar-refractivity contribution in [1.29, 1.82) is 0 Å². The highest BCUT2D eigenvalue weighted by Crippen LogP contribution is 2.33. The fraction of sp³-hybridized carbons (Fsp3) is 0.600. The number of anilines is 1. The molecule has 0 aliphatic carbocycles. The first-order chi connectivity index (χ1) is 10.2. The summed E-state index contributed by atoms with van der Waals surface area (Å²) in [4.78, 5) is 10.9. The molecule has 1 aromatic carbocycles. The van der Waals surface area contributed by atoms with Crippen molar-refractivity contribution in [2.24, 2.45) is 0 Å². The molecule has 0 bridgehead atoms. The van der Waals surface area contributed by atoms with Crippen molar-refractivity contribution in [2.75, 3.05) is 25.1 Å². The van der Waals surface area contributed by atoms with Gasteiger partial charge in [-0.3, -0.25) is 10.1 Å². The van der Waals surface area contributed by atoms with Gasteiger partial charge in [-0.15, -0.1) is 0 Å². The van der Waals surface area contributed by atoms with E-state index in [0.717, 1.165) is 50.3 Å². The van der Waals surface area contributed by atoms with Crippen molar-refractivity contribution < 1.29 is 9.66 Å². The average Bonchev–Trinajstić information content (AvgIpc) is 2.52. The number of thioether (sulfide) groups is 1. The molecular weight excluding hydrogens is 288 g/mol. The van der Waals surface area contributed by atoms with Gasteiger partial charge in [-0.2, -0.15) is 11.8 Å². The van der Waals surface area contributed by atoms with Crippen LogP contribution in [-0.2, 0) is 10.5 Å². The second kappa shape index (κ2) is 8.24. The van der Waals surface area contributed by atoms with Crippen LogP contribution in [0.3, 0.4) is 0 Å². The van der Waals surface area contributed by atoms with E-state index < -0.39 is 0 Å². The molecule has 0 unspecified atom stereocenters. The summed E-state index contributed by atoms with van der Waals surface area (Å²) in [5.41, 5.74) is 1.88. The van der Waals surface area contributed by atoms with E-state index in [2.05, 4.69) is 12.2 Å². The summed E-state index contributed by atoms with van der Waals surface area (Å²) in [7, 11) is 0. The molecule has 0 saturated carbocycles. The minimum absolute atomic E-state index is 0.175. The van der Waals surface area contributed by atoms with Crippen LogP contribution in [0.4, 0.5) is 11.4 Å². The minimum Gasteiger partial charge on any atom is -0.381 e. The van der Waals surface area contributed by atoms with Gasteiger partial charge in [-0.25, -0.2) is 0 Å². The maximum Gasteiger partial charge on any atom is 0.292 e. The highest BCUT2D eigenvalue weighted by atomic mass is 32.2. The summed E-state index contributed by atoms with van der Waals surface area (Å²) in [6.07, 6.45) is 3.08. The predicted octanol–water partition coefficient (Wildman–Crippen LogP) is 3.83. The van der Waals surface area contributed by atoms with E-state index in [1.807, 2.05) is 17.8 Å². The Bertz CT molecular complexity index is 476. The molecular formula is C15H22N2O3S. The van der Waals surface area contributed by atoms with E-state index in [1.165, 1.54) is 0 Å². The van der Waals surface area contributed by atoms with Gasteiger partial charge in [0.25, 0.3) is 5.69 Å². The Morgan fingerprint density at radius 3 is 2.86 bits per heavy atom. The lowest BCUT2D eigenvalue weighted by molar-refractivity contribution is -0.384. The molecule has 1 aromatic rings. The van der Waals surface area contributed by atoms with Crippen LogP contribution in [0.5, 0.6) is 0 Å². The molecule has 0 radical (unpaired) electrons. The normalized spacial score (nSPS) is 15.9. The Balaban J connectivity index is 2.08. The Morgan fingerprint density at radius 2 is 2.19 bits per heavy atom. The molecule has 1 saturated heterocycles. The number of para-hydroxylation sites is 1. The predicted molar refractivity (Wildman–Crippen MR) is 87.0 cm³/mol. The number of ether oxygens (including phenoxy) is 1. The summed E-state index contributed by atoms with van der Waals surface area (Å²) < 4.78 is 5.36. The van der Waals surface area contributed by atoms with Crippen LogP contribution < -0.4 is 5.32 Å². The van der Waals surface area contributed by atoms with Crippen LogP contribution >= 0.6 is 11.8 Å². The van der Waals surface area contributed by atoms with Crippen LogP contribution in [0.15, 0.2) is 18.2 Å². The second-order valence-electron chi connectivity index (χ2n) is 5.12. The number of benzene rings is 1. The SMILES string of the molecule is CCCNc1c(CSC2CCOCC2)cccc1[N+](=O)[O-]. The maximum absolute atomic E-state index is 11.2. The summed E-state index contributed by atoms with van der Waals surface area (Å²) in [6.45, 7) is 4.46. The molecule has 0 aromatic heterocycles. The second-order valence-corrected chi connectivity index (χ2v) is 6.41. The van der Waals surface area contributed by atoms with Crippen LogP contribution in [-0.4, -0.2) is 29.9 Å². The van der Waals surface area contributed by atoms with Crippen LogP contribution in [0, 0.1) is 10.1 Å². The molecule has 1 fully saturated rings. The first kappa shape index (κ1) is 16.1. The summed E-state index contributed by atoms with van der Waals surface area (Å²) in [6, 6.07) is 5.33. The Morgan fingerprint density at radius 1 is 1.43 bits per heavy atom. The van der Waals surface area contributed by atoms with Gasteiger partial charge in [0.15, 0.2) is 0 Å². The van der Waals surface area contributed by atoms with Crippen LogP contribution in [0.1, 0.15) is 31.7 Å². The summed E-state index contributed by atoms with van der Waals surface area (Å²) in [5.74, 6) is 0.804. The molecule has 116 valence electrons. The molecule has 1 heterocycles. The number of nitro benzene ring substituents is 1. The van der Waals surface area contributed by atoms with E-state index in [9.17, 15) is 10.1 Å². The van der Waals surface area contributed by atoms with Crippen molar-refractivity contribution in [3.63, 3.8) is 0 Å². The van der Waals surface area contributed by atoms with Gasteiger partial charge in [-0.1, -0.05) is 19.1 Å². The highest BCUT2D eigenvalue weighted by molar-refractivity contribution is 7.99. The number of hydrogen-bond acceptors (Lipinski definition) is 5. The van der Waals surface area contributed by atoms with Crippen molar-refractivity contribution in [2.45, 2.75) is 37.2 Å². The molecule has 6 heteroatoms. The van der Waals surface area contributed by atoms with Crippen molar-refractivity contribution >= 4 is 23.1 Å². The number of rotatable bonds is 7. The number of hydrogen-bond donors (Lipinski definition) is 1. The summed E-state index contributed by atoms with van der Waals surface area (Å²) >= 11 is 1.88. The first-order valence-electron chi connectivity index (χ1n) is 7.42. The molecule has 5 nitrogen and oxygen atoms in total. The fourth-order valence-corrected chi connectivity index (χ4v) is 3.54. The van der Waals surface area contributed by atoms with Crippen molar-refractivity contribution in [3.05, 3.63) is 33.9 Å². The van der Waals surface area contributed by atoms with Gasteiger partial charge >= 0.3 is 0 Å². The molecule has 0 spiro atoms. The lowest BCUT2D eigenvalue weighted by atomic mass is 10.1. The van der Waals surface area contributed by atoms with Gasteiger partial charge in [0.2, 0.25) is 0 Å². The minimum atomic E-state index is -0.305.